The maximum absolute atomic E-state index is 11.4. The third kappa shape index (κ3) is 8.12. The molecule has 0 fully saturated rings. The summed E-state index contributed by atoms with van der Waals surface area (Å²) < 4.78 is 11.0. The van der Waals surface area contributed by atoms with Crippen LogP contribution in [0, 0.1) is 0 Å². The summed E-state index contributed by atoms with van der Waals surface area (Å²) in [6.07, 6.45) is 0.753. The number of ether oxygens (including phenoxy) is 2. The summed E-state index contributed by atoms with van der Waals surface area (Å²) in [5, 5.41) is 2.63. The normalized spacial score (nSPS) is 11.2. The Morgan fingerprint density at radius 1 is 1.24 bits per heavy atom. The van der Waals surface area contributed by atoms with Crippen molar-refractivity contribution < 1.29 is 14.3 Å². The summed E-state index contributed by atoms with van der Waals surface area (Å²) in [6.45, 7) is 9.08. The van der Waals surface area contributed by atoms with Crippen LogP contribution in [0.25, 0.3) is 0 Å². The van der Waals surface area contributed by atoms with E-state index in [0.29, 0.717) is 26.3 Å². The first kappa shape index (κ1) is 16.4. The number of amides is 1. The minimum absolute atomic E-state index is 0.0187. The molecule has 0 aliphatic heterocycles. The van der Waals surface area contributed by atoms with Gasteiger partial charge in [-0.25, -0.2) is 0 Å². The predicted octanol–water partition coefficient (Wildman–Crippen LogP) is 0.844. The molecule has 0 radical (unpaired) electrons. The monoisotopic (exact) mass is 246 g/mol. The first-order chi connectivity index (χ1) is 8.17. The smallest absolute Gasteiger partial charge is 0.233 e. The lowest BCUT2D eigenvalue weighted by molar-refractivity contribution is -0.149. The molecule has 1 N–H and O–H groups in total. The van der Waals surface area contributed by atoms with Gasteiger partial charge in [0.2, 0.25) is 5.91 Å². The highest BCUT2D eigenvalue weighted by Crippen LogP contribution is 2.01. The van der Waals surface area contributed by atoms with E-state index in [9.17, 15) is 4.79 Å². The standard InChI is InChI=1S/C12H26N2O3/c1-5-8-14(9-11(15)13-4)10-12(16-6-2)17-7-3/h12H,5-10H2,1-4H3,(H,13,15). The summed E-state index contributed by atoms with van der Waals surface area (Å²) in [5.41, 5.74) is 0. The van der Waals surface area contributed by atoms with Gasteiger partial charge in [-0.2, -0.15) is 0 Å². The Hall–Kier alpha value is -0.650. The van der Waals surface area contributed by atoms with Gasteiger partial charge in [0.15, 0.2) is 6.29 Å². The van der Waals surface area contributed by atoms with Gasteiger partial charge in [0, 0.05) is 20.3 Å². The Balaban J connectivity index is 4.21. The molecule has 0 aromatic heterocycles. The van der Waals surface area contributed by atoms with Crippen molar-refractivity contribution in [3.63, 3.8) is 0 Å². The van der Waals surface area contributed by atoms with Crippen molar-refractivity contribution in [1.29, 1.82) is 0 Å². The number of hydrogen-bond acceptors (Lipinski definition) is 4. The molecule has 0 rings (SSSR count). The fourth-order valence-electron chi connectivity index (χ4n) is 1.57. The number of hydrogen-bond donors (Lipinski definition) is 1. The Morgan fingerprint density at radius 3 is 2.24 bits per heavy atom. The summed E-state index contributed by atoms with van der Waals surface area (Å²) in [6, 6.07) is 0. The Morgan fingerprint density at radius 2 is 1.82 bits per heavy atom. The van der Waals surface area contributed by atoms with Gasteiger partial charge in [0.05, 0.1) is 13.1 Å². The van der Waals surface area contributed by atoms with E-state index in [1.165, 1.54) is 0 Å². The van der Waals surface area contributed by atoms with Gasteiger partial charge in [-0.15, -0.1) is 0 Å². The van der Waals surface area contributed by atoms with Crippen LogP contribution in [0.4, 0.5) is 0 Å². The van der Waals surface area contributed by atoms with Crippen molar-refractivity contribution in [2.45, 2.75) is 33.5 Å². The van der Waals surface area contributed by atoms with Crippen molar-refractivity contribution >= 4 is 5.91 Å². The van der Waals surface area contributed by atoms with E-state index >= 15 is 0 Å². The van der Waals surface area contributed by atoms with Crippen molar-refractivity contribution in [3.8, 4) is 0 Å². The number of nitrogens with zero attached hydrogens (tertiary/aromatic N) is 1. The minimum Gasteiger partial charge on any atom is -0.358 e. The van der Waals surface area contributed by atoms with Crippen molar-refractivity contribution in [2.24, 2.45) is 0 Å². The lowest BCUT2D eigenvalue weighted by Gasteiger charge is -2.26. The van der Waals surface area contributed by atoms with Crippen LogP contribution in [0.15, 0.2) is 0 Å². The van der Waals surface area contributed by atoms with Crippen LogP contribution in [0.3, 0.4) is 0 Å². The van der Waals surface area contributed by atoms with Gasteiger partial charge < -0.3 is 14.8 Å². The molecule has 0 aliphatic carbocycles. The van der Waals surface area contributed by atoms with Crippen molar-refractivity contribution in [3.05, 3.63) is 0 Å². The molecule has 0 saturated carbocycles. The zero-order valence-corrected chi connectivity index (χ0v) is 11.5. The average molecular weight is 246 g/mol. The Labute approximate surface area is 104 Å². The first-order valence-corrected chi connectivity index (χ1v) is 6.33. The molecule has 5 heteroatoms. The van der Waals surface area contributed by atoms with Crippen LogP contribution in [-0.2, 0) is 14.3 Å². The third-order valence-electron chi connectivity index (χ3n) is 2.30. The molecule has 1 amide bonds. The van der Waals surface area contributed by atoms with Crippen molar-refractivity contribution in [1.82, 2.24) is 10.2 Å². The largest absolute Gasteiger partial charge is 0.358 e. The number of nitrogens with one attached hydrogen (secondary N) is 1. The first-order valence-electron chi connectivity index (χ1n) is 6.33. The molecule has 17 heavy (non-hydrogen) atoms. The Bertz CT molecular complexity index is 194. The number of likely N-dealkylation sites (N-methyl/N-ethyl adjacent to an activating group) is 1. The van der Waals surface area contributed by atoms with Gasteiger partial charge in [-0.05, 0) is 26.8 Å². The summed E-state index contributed by atoms with van der Waals surface area (Å²) >= 11 is 0. The van der Waals surface area contributed by atoms with E-state index in [0.717, 1.165) is 13.0 Å². The quantitative estimate of drug-likeness (QED) is 0.580. The molecule has 0 heterocycles. The maximum atomic E-state index is 11.4. The van der Waals surface area contributed by atoms with Gasteiger partial charge in [0.25, 0.3) is 0 Å². The topological polar surface area (TPSA) is 50.8 Å². The Kier molecular flexibility index (Phi) is 10.1. The molecule has 0 aromatic carbocycles. The third-order valence-corrected chi connectivity index (χ3v) is 2.30. The fraction of sp³-hybridized carbons (Fsp3) is 0.917. The fourth-order valence-corrected chi connectivity index (χ4v) is 1.57. The van der Waals surface area contributed by atoms with E-state index in [2.05, 4.69) is 17.1 Å². The van der Waals surface area contributed by atoms with Crippen LogP contribution in [0.1, 0.15) is 27.2 Å². The summed E-state index contributed by atoms with van der Waals surface area (Å²) in [4.78, 5) is 13.4. The van der Waals surface area contributed by atoms with Crippen LogP contribution in [0.2, 0.25) is 0 Å². The average Bonchev–Trinajstić information content (AvgIpc) is 2.29. The zero-order chi connectivity index (χ0) is 13.1. The summed E-state index contributed by atoms with van der Waals surface area (Å²) in [7, 11) is 1.65. The molecule has 102 valence electrons. The van der Waals surface area contributed by atoms with E-state index in [1.807, 2.05) is 13.8 Å². The second-order valence-electron chi connectivity index (χ2n) is 3.75. The molecule has 0 atom stereocenters. The number of carbonyl (C=O) groups is 1. The SMILES string of the molecule is CCCN(CC(=O)NC)CC(OCC)OCC. The van der Waals surface area contributed by atoms with Crippen molar-refractivity contribution in [2.75, 3.05) is 39.9 Å². The lowest BCUT2D eigenvalue weighted by Crippen LogP contribution is -2.41. The second-order valence-corrected chi connectivity index (χ2v) is 3.75. The predicted molar refractivity (Wildman–Crippen MR) is 67.8 cm³/mol. The molecule has 0 bridgehead atoms. The minimum atomic E-state index is -0.249. The molecular weight excluding hydrogens is 220 g/mol. The van der Waals surface area contributed by atoms with Crippen LogP contribution in [-0.4, -0.2) is 57.0 Å². The highest BCUT2D eigenvalue weighted by atomic mass is 16.7. The molecule has 0 saturated heterocycles. The second kappa shape index (κ2) is 10.5. The number of rotatable bonds is 10. The maximum Gasteiger partial charge on any atom is 0.233 e. The van der Waals surface area contributed by atoms with Gasteiger partial charge in [-0.1, -0.05) is 6.92 Å². The molecule has 0 spiro atoms. The van der Waals surface area contributed by atoms with Gasteiger partial charge in [-0.3, -0.25) is 9.69 Å². The van der Waals surface area contributed by atoms with E-state index in [1.54, 1.807) is 7.05 Å². The number of carbonyl (C=O) groups excluding carboxylic acids is 1. The van der Waals surface area contributed by atoms with E-state index in [-0.39, 0.29) is 12.2 Å². The lowest BCUT2D eigenvalue weighted by atomic mass is 10.3. The molecule has 0 aromatic rings. The highest BCUT2D eigenvalue weighted by Gasteiger charge is 2.15. The van der Waals surface area contributed by atoms with Crippen LogP contribution in [0.5, 0.6) is 0 Å². The highest BCUT2D eigenvalue weighted by molar-refractivity contribution is 5.77. The van der Waals surface area contributed by atoms with Gasteiger partial charge in [0.1, 0.15) is 0 Å². The van der Waals surface area contributed by atoms with E-state index in [4.69, 9.17) is 9.47 Å². The zero-order valence-electron chi connectivity index (χ0n) is 11.5. The molecule has 0 aliphatic rings. The summed E-state index contributed by atoms with van der Waals surface area (Å²) in [5.74, 6) is 0.0187. The molecule has 5 nitrogen and oxygen atoms in total. The molecule has 0 unspecified atom stereocenters. The molecular formula is C12H26N2O3. The van der Waals surface area contributed by atoms with Gasteiger partial charge >= 0.3 is 0 Å². The van der Waals surface area contributed by atoms with Crippen LogP contribution < -0.4 is 5.32 Å². The van der Waals surface area contributed by atoms with E-state index < -0.39 is 0 Å². The van der Waals surface area contributed by atoms with Crippen LogP contribution >= 0.6 is 0 Å².